The minimum Gasteiger partial charge on any atom is -0.433 e. The van der Waals surface area contributed by atoms with E-state index in [1.54, 1.807) is 92.7 Å². The topological polar surface area (TPSA) is 413 Å². The first-order valence-corrected chi connectivity index (χ1v) is 18.9. The van der Waals surface area contributed by atoms with Crippen molar-refractivity contribution in [1.82, 2.24) is 15.5 Å². The second kappa shape index (κ2) is 17.6. The van der Waals surface area contributed by atoms with E-state index in [2.05, 4.69) is 5.32 Å². The van der Waals surface area contributed by atoms with Crippen molar-refractivity contribution in [3.8, 4) is 5.75 Å². The largest absolute Gasteiger partial charge is 0.433 e. The van der Waals surface area contributed by atoms with Crippen molar-refractivity contribution in [3.63, 3.8) is 0 Å². The Kier molecular flexibility index (Phi) is 13.8. The van der Waals surface area contributed by atoms with Crippen LogP contribution in [0.1, 0.15) is 35.1 Å². The molecule has 0 spiro atoms. The van der Waals surface area contributed by atoms with E-state index in [0.29, 0.717) is 22.3 Å². The van der Waals surface area contributed by atoms with Gasteiger partial charge in [0.25, 0.3) is 11.6 Å². The molecule has 0 radical (unpaired) electrons. The first-order chi connectivity index (χ1) is 29.0. The fourth-order valence-electron chi connectivity index (χ4n) is 7.10. The summed E-state index contributed by atoms with van der Waals surface area (Å²) in [6.45, 7) is 3.20. The Hall–Kier alpha value is -4.81. The maximum Gasteiger partial charge on any atom is 0.386 e. The third-order valence-corrected chi connectivity index (χ3v) is 10.5. The number of urea groups is 1. The molecule has 0 aliphatic carbocycles. The van der Waals surface area contributed by atoms with Crippen molar-refractivity contribution in [1.29, 1.82) is 0 Å². The van der Waals surface area contributed by atoms with Gasteiger partial charge in [0.2, 0.25) is 18.2 Å². The van der Waals surface area contributed by atoms with E-state index in [0.717, 1.165) is 5.32 Å². The summed E-state index contributed by atoms with van der Waals surface area (Å²) in [6.07, 6.45) is -9.67. The van der Waals surface area contributed by atoms with Crippen molar-refractivity contribution in [2.24, 2.45) is 5.92 Å². The molecule has 2 saturated heterocycles. The van der Waals surface area contributed by atoms with Crippen LogP contribution >= 0.6 is 0 Å². The molecule has 2 heterocycles. The third kappa shape index (κ3) is 10.3. The zero-order valence-electron chi connectivity index (χ0n) is 33.3. The maximum atomic E-state index is 14.5. The summed E-state index contributed by atoms with van der Waals surface area (Å²) in [5, 5.41) is 158. The first kappa shape index (κ1) is 49.2. The molecule has 346 valence electrons. The van der Waals surface area contributed by atoms with Crippen LogP contribution in [0.3, 0.4) is 0 Å². The van der Waals surface area contributed by atoms with Gasteiger partial charge in [-0.1, -0.05) is 78.9 Å². The Morgan fingerprint density at radius 1 is 0.794 bits per heavy atom. The molecule has 2 aliphatic rings. The Morgan fingerprint density at radius 3 is 1.81 bits per heavy atom. The number of benzene rings is 3. The van der Waals surface area contributed by atoms with E-state index >= 15 is 0 Å². The number of nitrogens with zero attached hydrogens (tertiary/aromatic N) is 1. The van der Waals surface area contributed by atoms with Gasteiger partial charge in [0.15, 0.2) is 0 Å². The highest BCUT2D eigenvalue weighted by Gasteiger charge is 2.82. The highest BCUT2D eigenvalue weighted by Crippen LogP contribution is 2.50. The molecular formula is C39H49N3O21. The molecule has 5 rings (SSSR count). The first-order valence-electron chi connectivity index (χ1n) is 18.9. The van der Waals surface area contributed by atoms with E-state index in [9.17, 15) is 91.0 Å². The van der Waals surface area contributed by atoms with Gasteiger partial charge in [0.1, 0.15) is 5.75 Å². The predicted octanol–water partition coefficient (Wildman–Crippen LogP) is -5.70. The van der Waals surface area contributed by atoms with Gasteiger partial charge in [-0.3, -0.25) is 14.9 Å². The second-order valence-electron chi connectivity index (χ2n) is 15.5. The lowest BCUT2D eigenvalue weighted by atomic mass is 9.85. The molecule has 3 amide bonds. The fourth-order valence-corrected chi connectivity index (χ4v) is 7.10. The number of aliphatic hydroxyl groups excluding tert-OH is 1. The monoisotopic (exact) mass is 895 g/mol. The lowest BCUT2D eigenvalue weighted by Crippen LogP contribution is -2.87. The predicted molar refractivity (Wildman–Crippen MR) is 203 cm³/mol. The quantitative estimate of drug-likeness (QED) is 0.0394. The summed E-state index contributed by atoms with van der Waals surface area (Å²) >= 11 is 0. The van der Waals surface area contributed by atoms with E-state index in [1.165, 1.54) is 0 Å². The number of para-hydroxylation sites is 1. The van der Waals surface area contributed by atoms with Gasteiger partial charge >= 0.3 is 41.6 Å². The molecule has 63 heavy (non-hydrogen) atoms. The standard InChI is InChI=1S/C39H49N3O21/c1-20-10-9-11-21(2)28(20)62-36(53,54)27(44)18-24(16-22-12-5-3-6-13-22)26(43)19-25(17-23-14-7-4-8-15-23)40-30(45)33(31(63-33)61-29(34(47,48)49)35(50,51)52)42-32(46)41-38(57,58)37(55,56)39(42,59)60/h3-15,24-26,29,31,43,47-60H,16-19H2,1-2H3,(H,40,45)(H,41,46). The molecule has 24 nitrogen and oxygen atoms in total. The average molecular weight is 896 g/mol. The molecule has 17 N–H and O–H groups in total. The highest BCUT2D eigenvalue weighted by atomic mass is 16.8. The van der Waals surface area contributed by atoms with Crippen LogP contribution in [0, 0.1) is 19.8 Å². The van der Waals surface area contributed by atoms with E-state index < -0.39 is 107 Å². The molecule has 2 aliphatic heterocycles. The zero-order valence-corrected chi connectivity index (χ0v) is 33.3. The van der Waals surface area contributed by atoms with Crippen LogP contribution < -0.4 is 15.4 Å². The van der Waals surface area contributed by atoms with Crippen LogP contribution in [-0.4, -0.2) is 165 Å². The second-order valence-corrected chi connectivity index (χ2v) is 15.5. The molecule has 2 fully saturated rings. The summed E-state index contributed by atoms with van der Waals surface area (Å²) in [5.74, 6) is -30.3. The van der Waals surface area contributed by atoms with Crippen molar-refractivity contribution in [3.05, 3.63) is 101 Å². The number of hydrogen-bond acceptors (Lipinski definition) is 21. The van der Waals surface area contributed by atoms with E-state index in [-0.39, 0.29) is 18.6 Å². The molecule has 0 aromatic heterocycles. The summed E-state index contributed by atoms with van der Waals surface area (Å²) in [6, 6.07) is 17.4. The molecule has 5 atom stereocenters. The van der Waals surface area contributed by atoms with Crippen molar-refractivity contribution >= 4 is 17.7 Å². The Labute approximate surface area is 356 Å². The summed E-state index contributed by atoms with van der Waals surface area (Å²) in [7, 11) is 0. The van der Waals surface area contributed by atoms with Gasteiger partial charge in [-0.05, 0) is 61.3 Å². The van der Waals surface area contributed by atoms with Crippen LogP contribution in [-0.2, 0) is 31.9 Å². The van der Waals surface area contributed by atoms with E-state index in [1.807, 2.05) is 0 Å². The lowest BCUT2D eigenvalue weighted by Gasteiger charge is -2.52. The average Bonchev–Trinajstić information content (AvgIpc) is 3.88. The highest BCUT2D eigenvalue weighted by molar-refractivity contribution is 5.93. The molecule has 3 aromatic rings. The Bertz CT molecular complexity index is 2070. The van der Waals surface area contributed by atoms with Crippen LogP contribution in [0.25, 0.3) is 0 Å². The van der Waals surface area contributed by atoms with Crippen molar-refractivity contribution in [2.75, 3.05) is 0 Å². The minimum absolute atomic E-state index is 0.00254. The number of amides is 3. The van der Waals surface area contributed by atoms with E-state index in [4.69, 9.17) is 14.2 Å². The Balaban J connectivity index is 1.52. The fraction of sp³-hybridized carbons (Fsp3) is 0.462. The van der Waals surface area contributed by atoms with Gasteiger partial charge in [-0.15, -0.1) is 0 Å². The Morgan fingerprint density at radius 2 is 1.30 bits per heavy atom. The van der Waals surface area contributed by atoms with Crippen LogP contribution in [0.15, 0.2) is 78.9 Å². The molecule has 0 bridgehead atoms. The van der Waals surface area contributed by atoms with Crippen LogP contribution in [0.4, 0.5) is 4.79 Å². The number of carbonyl (C=O) groups is 3. The molecule has 24 heteroatoms. The van der Waals surface area contributed by atoms with Gasteiger partial charge < -0.3 is 96.1 Å². The number of nitrogens with one attached hydrogen (secondary N) is 2. The lowest BCUT2D eigenvalue weighted by molar-refractivity contribution is -0.499. The summed E-state index contributed by atoms with van der Waals surface area (Å²) in [5.41, 5.74) is -1.71. The number of ether oxygens (including phenoxy) is 3. The molecular weight excluding hydrogens is 846 g/mol. The van der Waals surface area contributed by atoms with Gasteiger partial charge in [0, 0.05) is 12.5 Å². The summed E-state index contributed by atoms with van der Waals surface area (Å²) < 4.78 is 15.3. The number of hydrogen-bond donors (Lipinski definition) is 17. The molecule has 3 aromatic carbocycles. The number of rotatable bonds is 19. The minimum atomic E-state index is -4.72. The zero-order chi connectivity index (χ0) is 47.1. The number of Topliss-reactive ketones (excluding diaryl/α,β-unsaturated/α-hetero) is 1. The SMILES string of the molecule is Cc1cccc(C)c1OC(O)(O)C(=O)CC(Cc1ccccc1)C(O)CC(Cc1ccccc1)NC(=O)C1(N2C(=O)NC(O)(O)C(O)(O)C2(O)O)OC1OC(C(O)(O)O)C(O)(O)O. The van der Waals surface area contributed by atoms with Crippen LogP contribution in [0.2, 0.25) is 0 Å². The van der Waals surface area contributed by atoms with Gasteiger partial charge in [-0.2, -0.15) is 0 Å². The molecule has 5 unspecified atom stereocenters. The number of aryl methyl sites for hydroxylation is 2. The third-order valence-electron chi connectivity index (χ3n) is 10.5. The van der Waals surface area contributed by atoms with Crippen molar-refractivity contribution in [2.45, 2.75) is 105 Å². The maximum absolute atomic E-state index is 14.5. The number of ketones is 1. The number of aliphatic hydroxyl groups is 15. The molecule has 0 saturated carbocycles. The van der Waals surface area contributed by atoms with Crippen molar-refractivity contribution < 1.29 is 105 Å². The number of epoxide rings is 1. The van der Waals surface area contributed by atoms with Gasteiger partial charge in [-0.25, -0.2) is 9.69 Å². The smallest absolute Gasteiger partial charge is 0.386 e. The van der Waals surface area contributed by atoms with Gasteiger partial charge in [0.05, 0.1) is 6.10 Å². The number of carbonyl (C=O) groups excluding carboxylic acids is 3. The van der Waals surface area contributed by atoms with Crippen LogP contribution in [0.5, 0.6) is 5.75 Å². The normalized spacial score (nSPS) is 22.2. The summed E-state index contributed by atoms with van der Waals surface area (Å²) in [4.78, 5) is 40.7.